The molecule has 12 heteroatoms. The summed E-state index contributed by atoms with van der Waals surface area (Å²) in [4.78, 5) is 46.3. The Morgan fingerprint density at radius 2 is 1.95 bits per heavy atom. The molecule has 10 nitrogen and oxygen atoms in total. The van der Waals surface area contributed by atoms with E-state index < -0.39 is 5.82 Å². The zero-order chi connectivity index (χ0) is 27.8. The van der Waals surface area contributed by atoms with Crippen LogP contribution >= 0.6 is 11.3 Å². The second-order valence-corrected chi connectivity index (χ2v) is 10.3. The van der Waals surface area contributed by atoms with E-state index in [0.717, 1.165) is 23.3 Å². The monoisotopic (exact) mass is 554 g/mol. The van der Waals surface area contributed by atoms with Gasteiger partial charge in [-0.25, -0.2) is 19.3 Å². The molecular formula is C28H23FN8O2S. The van der Waals surface area contributed by atoms with Gasteiger partial charge in [0.2, 0.25) is 5.91 Å². The van der Waals surface area contributed by atoms with Crippen molar-refractivity contribution < 1.29 is 14.0 Å². The van der Waals surface area contributed by atoms with Gasteiger partial charge in [-0.1, -0.05) is 13.3 Å². The van der Waals surface area contributed by atoms with Crippen molar-refractivity contribution >= 4 is 50.9 Å². The molecule has 1 amide bonds. The molecule has 0 aliphatic heterocycles. The number of rotatable bonds is 8. The van der Waals surface area contributed by atoms with E-state index in [4.69, 9.17) is 0 Å². The molecular weight excluding hydrogens is 531 g/mol. The number of unbranched alkanes of at least 4 members (excludes halogenated alkanes) is 1. The molecule has 0 spiro atoms. The van der Waals surface area contributed by atoms with E-state index in [1.54, 1.807) is 18.3 Å². The number of nitrogens with one attached hydrogen (secondary N) is 3. The number of hydrogen-bond acceptors (Lipinski definition) is 8. The van der Waals surface area contributed by atoms with Crippen LogP contribution in [0.1, 0.15) is 42.8 Å². The van der Waals surface area contributed by atoms with Gasteiger partial charge in [0.25, 0.3) is 0 Å². The number of hydrogen-bond donors (Lipinski definition) is 3. The summed E-state index contributed by atoms with van der Waals surface area (Å²) >= 11 is 1.38. The van der Waals surface area contributed by atoms with Crippen molar-refractivity contribution in [1.82, 2.24) is 35.1 Å². The zero-order valence-electron chi connectivity index (χ0n) is 21.6. The second kappa shape index (κ2) is 10.4. The number of halogens is 1. The molecule has 0 aliphatic rings. The van der Waals surface area contributed by atoms with Crippen molar-refractivity contribution in [2.75, 3.05) is 5.32 Å². The van der Waals surface area contributed by atoms with Crippen molar-refractivity contribution in [3.05, 3.63) is 59.7 Å². The number of pyridine rings is 3. The summed E-state index contributed by atoms with van der Waals surface area (Å²) in [6, 6.07) is 7.17. The first kappa shape index (κ1) is 25.4. The lowest BCUT2D eigenvalue weighted by molar-refractivity contribution is -0.116. The maximum absolute atomic E-state index is 16.1. The Balaban J connectivity index is 1.40. The molecule has 0 aliphatic carbocycles. The summed E-state index contributed by atoms with van der Waals surface area (Å²) in [7, 11) is 0. The molecule has 6 rings (SSSR count). The van der Waals surface area contributed by atoms with Gasteiger partial charge in [0.15, 0.2) is 22.9 Å². The third-order valence-electron chi connectivity index (χ3n) is 6.46. The maximum atomic E-state index is 16.1. The van der Waals surface area contributed by atoms with Gasteiger partial charge in [-0.05, 0) is 37.6 Å². The van der Waals surface area contributed by atoms with Crippen LogP contribution in [0.2, 0.25) is 0 Å². The van der Waals surface area contributed by atoms with Crippen LogP contribution in [0.25, 0.3) is 55.3 Å². The summed E-state index contributed by atoms with van der Waals surface area (Å²) in [5, 5.41) is 10.0. The van der Waals surface area contributed by atoms with E-state index >= 15 is 4.39 Å². The number of carbonyl (C=O) groups excluding carboxylic acids is 2. The number of carbonyl (C=O) groups is 2. The van der Waals surface area contributed by atoms with E-state index in [1.165, 1.54) is 36.9 Å². The molecule has 40 heavy (non-hydrogen) atoms. The number of H-pyrrole nitrogens is 2. The smallest absolute Gasteiger partial charge is 0.224 e. The molecule has 0 atom stereocenters. The Hall–Kier alpha value is -4.84. The number of aromatic amines is 2. The molecule has 0 fully saturated rings. The normalized spacial score (nSPS) is 11.4. The van der Waals surface area contributed by atoms with E-state index in [2.05, 4.69) is 40.4 Å². The molecule has 0 bridgehead atoms. The molecule has 6 heterocycles. The summed E-state index contributed by atoms with van der Waals surface area (Å²) in [5.74, 6) is -0.337. The zero-order valence-corrected chi connectivity index (χ0v) is 22.4. The molecule has 3 N–H and O–H groups in total. The van der Waals surface area contributed by atoms with Gasteiger partial charge in [-0.3, -0.25) is 19.7 Å². The fourth-order valence-electron chi connectivity index (χ4n) is 4.45. The lowest BCUT2D eigenvalue weighted by Gasteiger charge is -2.08. The number of imidazole rings is 1. The molecule has 0 saturated heterocycles. The van der Waals surface area contributed by atoms with Crippen molar-refractivity contribution in [3.63, 3.8) is 0 Å². The van der Waals surface area contributed by atoms with E-state index in [0.29, 0.717) is 45.2 Å². The van der Waals surface area contributed by atoms with Gasteiger partial charge in [-0.2, -0.15) is 5.10 Å². The number of anilines is 1. The highest BCUT2D eigenvalue weighted by Gasteiger charge is 2.22. The predicted octanol–water partition coefficient (Wildman–Crippen LogP) is 6.16. The number of thiophene rings is 1. The number of amides is 1. The van der Waals surface area contributed by atoms with Crippen molar-refractivity contribution in [2.24, 2.45) is 0 Å². The van der Waals surface area contributed by atoms with Crippen molar-refractivity contribution in [2.45, 2.75) is 33.1 Å². The molecule has 0 saturated carbocycles. The highest BCUT2D eigenvalue weighted by molar-refractivity contribution is 7.17. The minimum atomic E-state index is -0.553. The second-order valence-electron chi connectivity index (χ2n) is 9.26. The lowest BCUT2D eigenvalue weighted by atomic mass is 10.1. The molecule has 6 aromatic rings. The average Bonchev–Trinajstić information content (AvgIpc) is 3.70. The van der Waals surface area contributed by atoms with Crippen molar-refractivity contribution in [1.29, 1.82) is 0 Å². The van der Waals surface area contributed by atoms with Crippen LogP contribution in [-0.4, -0.2) is 46.8 Å². The van der Waals surface area contributed by atoms with Gasteiger partial charge in [0, 0.05) is 46.6 Å². The number of fused-ring (bicyclic) bond motifs is 2. The Kier molecular flexibility index (Phi) is 6.60. The minimum absolute atomic E-state index is 0.00540. The fourth-order valence-corrected chi connectivity index (χ4v) is 5.38. The molecule has 0 unspecified atom stereocenters. The number of aromatic nitrogens is 7. The largest absolute Gasteiger partial charge is 0.335 e. The Morgan fingerprint density at radius 1 is 1.07 bits per heavy atom. The molecule has 6 aromatic heterocycles. The summed E-state index contributed by atoms with van der Waals surface area (Å²) in [6.45, 7) is 3.55. The van der Waals surface area contributed by atoms with Crippen LogP contribution in [0.4, 0.5) is 10.1 Å². The van der Waals surface area contributed by atoms with Gasteiger partial charge < -0.3 is 10.3 Å². The molecule has 0 radical (unpaired) electrons. The highest BCUT2D eigenvalue weighted by Crippen LogP contribution is 2.36. The summed E-state index contributed by atoms with van der Waals surface area (Å²) in [5.41, 5.74) is 3.56. The van der Waals surface area contributed by atoms with E-state index in [-0.39, 0.29) is 28.3 Å². The minimum Gasteiger partial charge on any atom is -0.335 e. The first-order valence-corrected chi connectivity index (χ1v) is 13.5. The van der Waals surface area contributed by atoms with Crippen LogP contribution in [-0.2, 0) is 4.79 Å². The number of ketones is 1. The highest BCUT2D eigenvalue weighted by atomic mass is 32.1. The van der Waals surface area contributed by atoms with E-state index in [9.17, 15) is 9.59 Å². The Bertz CT molecular complexity index is 1910. The van der Waals surface area contributed by atoms with Crippen LogP contribution < -0.4 is 5.32 Å². The van der Waals surface area contributed by atoms with Gasteiger partial charge in [0.05, 0.1) is 27.7 Å². The van der Waals surface area contributed by atoms with E-state index in [1.807, 2.05) is 19.1 Å². The molecule has 0 aromatic carbocycles. The Labute approximate surface area is 231 Å². The number of Topliss-reactive ketones (excluding diaryl/α,β-unsaturated/α-hetero) is 1. The third-order valence-corrected chi connectivity index (χ3v) is 7.68. The average molecular weight is 555 g/mol. The van der Waals surface area contributed by atoms with Crippen molar-refractivity contribution in [3.8, 4) is 33.1 Å². The van der Waals surface area contributed by atoms with Crippen LogP contribution in [0, 0.1) is 5.82 Å². The first-order chi connectivity index (χ1) is 19.4. The Morgan fingerprint density at radius 3 is 2.75 bits per heavy atom. The van der Waals surface area contributed by atoms with Crippen LogP contribution in [0.15, 0.2) is 49.1 Å². The van der Waals surface area contributed by atoms with Gasteiger partial charge in [-0.15, -0.1) is 11.3 Å². The van der Waals surface area contributed by atoms with Gasteiger partial charge >= 0.3 is 0 Å². The van der Waals surface area contributed by atoms with Gasteiger partial charge in [0.1, 0.15) is 11.5 Å². The SMILES string of the molecule is CCCCC(=O)Nc1cncc(-c2cnc3n[nH]c(-c4nc5nccc(-c6ccc(C(C)=O)s6)c5[nH]4)c3c2F)c1. The topological polar surface area (TPSA) is 142 Å². The molecule has 200 valence electrons. The third kappa shape index (κ3) is 4.62. The lowest BCUT2D eigenvalue weighted by Crippen LogP contribution is -2.11. The van der Waals surface area contributed by atoms with Crippen LogP contribution in [0.5, 0.6) is 0 Å². The first-order valence-electron chi connectivity index (χ1n) is 12.7. The fraction of sp³-hybridized carbons (Fsp3) is 0.179. The maximum Gasteiger partial charge on any atom is 0.224 e. The quantitative estimate of drug-likeness (QED) is 0.191. The predicted molar refractivity (Wildman–Crippen MR) is 151 cm³/mol. The summed E-state index contributed by atoms with van der Waals surface area (Å²) < 4.78 is 16.1. The summed E-state index contributed by atoms with van der Waals surface area (Å²) in [6.07, 6.45) is 8.16. The standard InChI is InChI=1S/C28H23FN8O2S/c1-3-4-5-21(39)33-16-10-15(11-30-12-16)18-13-32-26-22(23(18)29)25(36-37-26)28-34-24-17(8-9-31-27(24)35-28)20-7-6-19(40-20)14(2)38/h6-13H,3-5H2,1-2H3,(H,33,39)(H,31,34,35)(H,32,36,37). The van der Waals surface area contributed by atoms with Crippen LogP contribution in [0.3, 0.4) is 0 Å². The number of nitrogens with zero attached hydrogens (tertiary/aromatic N) is 5.